The van der Waals surface area contributed by atoms with Crippen LogP contribution in [0.5, 0.6) is 0 Å². The van der Waals surface area contributed by atoms with E-state index in [4.69, 9.17) is 0 Å². The number of likely N-dealkylation sites (N-methyl/N-ethyl adjacent to an activating group) is 2. The summed E-state index contributed by atoms with van der Waals surface area (Å²) in [4.78, 5) is 2.02. The minimum absolute atomic E-state index is 0. The predicted molar refractivity (Wildman–Crippen MR) is 61.0 cm³/mol. The molecule has 0 saturated carbocycles. The second kappa shape index (κ2) is 7.54. The van der Waals surface area contributed by atoms with Gasteiger partial charge in [-0.3, -0.25) is 4.90 Å². The molecule has 0 aliphatic rings. The lowest BCUT2D eigenvalue weighted by Gasteiger charge is -2.14. The molecule has 94 valence electrons. The fourth-order valence-corrected chi connectivity index (χ4v) is 1.23. The molecule has 0 bridgehead atoms. The molecule has 1 aromatic heterocycles. The van der Waals surface area contributed by atoms with Crippen LogP contribution in [0, 0.1) is 0 Å². The molecule has 0 atom stereocenters. The number of hydrogen-bond donors (Lipinski definition) is 1. The van der Waals surface area contributed by atoms with E-state index in [1.807, 2.05) is 19.0 Å². The molecular weight excluding hydrogens is 238 g/mol. The van der Waals surface area contributed by atoms with Gasteiger partial charge in [0, 0.05) is 25.8 Å². The zero-order valence-corrected chi connectivity index (χ0v) is 10.2. The average molecular weight is 255 g/mol. The highest BCUT2D eigenvalue weighted by Crippen LogP contribution is 2.09. The zero-order valence-electron chi connectivity index (χ0n) is 9.36. The van der Waals surface area contributed by atoms with Crippen LogP contribution in [0.3, 0.4) is 0 Å². The SMILES string of the molecule is CNCCN(C)Cc1ccn(C(F)F)n1.Cl. The summed E-state index contributed by atoms with van der Waals surface area (Å²) in [5.41, 5.74) is 0.661. The van der Waals surface area contributed by atoms with E-state index in [9.17, 15) is 8.78 Å². The first kappa shape index (κ1) is 15.3. The van der Waals surface area contributed by atoms with Crippen LogP contribution in [0.1, 0.15) is 12.2 Å². The smallest absolute Gasteiger partial charge is 0.318 e. The molecule has 0 aliphatic heterocycles. The van der Waals surface area contributed by atoms with Crippen LogP contribution in [-0.4, -0.2) is 41.9 Å². The number of alkyl halides is 2. The molecule has 1 N–H and O–H groups in total. The van der Waals surface area contributed by atoms with Crippen molar-refractivity contribution < 1.29 is 8.78 Å². The van der Waals surface area contributed by atoms with Gasteiger partial charge in [-0.1, -0.05) is 0 Å². The topological polar surface area (TPSA) is 33.1 Å². The van der Waals surface area contributed by atoms with E-state index in [0.717, 1.165) is 13.1 Å². The van der Waals surface area contributed by atoms with Crippen molar-refractivity contribution in [2.75, 3.05) is 27.2 Å². The van der Waals surface area contributed by atoms with Crippen molar-refractivity contribution in [1.82, 2.24) is 20.0 Å². The first-order valence-electron chi connectivity index (χ1n) is 4.79. The van der Waals surface area contributed by atoms with Gasteiger partial charge in [0.1, 0.15) is 0 Å². The van der Waals surface area contributed by atoms with E-state index >= 15 is 0 Å². The summed E-state index contributed by atoms with van der Waals surface area (Å²) < 4.78 is 25.1. The first-order valence-corrected chi connectivity index (χ1v) is 4.79. The van der Waals surface area contributed by atoms with E-state index in [1.165, 1.54) is 6.20 Å². The fourth-order valence-electron chi connectivity index (χ4n) is 1.23. The Bertz CT molecular complexity index is 293. The maximum atomic E-state index is 12.2. The molecule has 16 heavy (non-hydrogen) atoms. The van der Waals surface area contributed by atoms with Crippen molar-refractivity contribution in [3.8, 4) is 0 Å². The molecule has 7 heteroatoms. The number of nitrogens with zero attached hydrogens (tertiary/aromatic N) is 3. The normalized spacial score (nSPS) is 10.9. The average Bonchev–Trinajstić information content (AvgIpc) is 2.63. The van der Waals surface area contributed by atoms with Crippen molar-refractivity contribution in [2.45, 2.75) is 13.1 Å². The lowest BCUT2D eigenvalue weighted by Crippen LogP contribution is -2.27. The van der Waals surface area contributed by atoms with Crippen LogP contribution in [-0.2, 0) is 6.54 Å². The fraction of sp³-hybridized carbons (Fsp3) is 0.667. The van der Waals surface area contributed by atoms with Crippen LogP contribution in [0.15, 0.2) is 12.3 Å². The number of aromatic nitrogens is 2. The molecule has 0 amide bonds. The highest BCUT2D eigenvalue weighted by Gasteiger charge is 2.08. The van der Waals surface area contributed by atoms with Gasteiger partial charge in [0.15, 0.2) is 0 Å². The number of nitrogens with one attached hydrogen (secondary N) is 1. The largest absolute Gasteiger partial charge is 0.333 e. The molecule has 1 rings (SSSR count). The molecule has 0 aromatic carbocycles. The van der Waals surface area contributed by atoms with Crippen LogP contribution in [0.4, 0.5) is 8.78 Å². The zero-order chi connectivity index (χ0) is 11.3. The van der Waals surface area contributed by atoms with Crippen molar-refractivity contribution in [3.05, 3.63) is 18.0 Å². The summed E-state index contributed by atoms with van der Waals surface area (Å²) >= 11 is 0. The van der Waals surface area contributed by atoms with E-state index in [1.54, 1.807) is 6.07 Å². The highest BCUT2D eigenvalue weighted by molar-refractivity contribution is 5.85. The molecule has 0 radical (unpaired) electrons. The third-order valence-electron chi connectivity index (χ3n) is 2.04. The number of halogens is 3. The summed E-state index contributed by atoms with van der Waals surface area (Å²) in [6.07, 6.45) is 1.30. The standard InChI is InChI=1S/C9H16F2N4.ClH/c1-12-4-6-14(2)7-8-3-5-15(13-8)9(10)11;/h3,5,9,12H,4,6-7H2,1-2H3;1H. The van der Waals surface area contributed by atoms with Crippen LogP contribution in [0.25, 0.3) is 0 Å². The number of rotatable bonds is 6. The molecule has 1 aromatic rings. The van der Waals surface area contributed by atoms with Crippen molar-refractivity contribution in [2.24, 2.45) is 0 Å². The minimum atomic E-state index is -2.55. The van der Waals surface area contributed by atoms with Crippen LogP contribution < -0.4 is 5.32 Å². The van der Waals surface area contributed by atoms with Gasteiger partial charge in [0.05, 0.1) is 5.69 Å². The maximum absolute atomic E-state index is 12.2. The number of hydrogen-bond acceptors (Lipinski definition) is 3. The Morgan fingerprint density at radius 3 is 2.75 bits per heavy atom. The quantitative estimate of drug-likeness (QED) is 0.832. The van der Waals surface area contributed by atoms with Gasteiger partial charge in [0.2, 0.25) is 0 Å². The Morgan fingerprint density at radius 2 is 2.25 bits per heavy atom. The molecule has 0 saturated heterocycles. The summed E-state index contributed by atoms with van der Waals surface area (Å²) in [5, 5.41) is 6.78. The molecule has 4 nitrogen and oxygen atoms in total. The Balaban J connectivity index is 0.00000225. The molecule has 0 unspecified atom stereocenters. The monoisotopic (exact) mass is 254 g/mol. The van der Waals surface area contributed by atoms with Gasteiger partial charge >= 0.3 is 6.55 Å². The Hall–Kier alpha value is -0.720. The van der Waals surface area contributed by atoms with E-state index in [2.05, 4.69) is 10.4 Å². The predicted octanol–water partition coefficient (Wildman–Crippen LogP) is 1.35. The molecule has 1 heterocycles. The molecule has 0 spiro atoms. The first-order chi connectivity index (χ1) is 7.13. The summed E-state index contributed by atoms with van der Waals surface area (Å²) in [6.45, 7) is -0.243. The van der Waals surface area contributed by atoms with Crippen LogP contribution >= 0.6 is 12.4 Å². The van der Waals surface area contributed by atoms with E-state index < -0.39 is 6.55 Å². The van der Waals surface area contributed by atoms with Gasteiger partial charge in [-0.05, 0) is 20.2 Å². The maximum Gasteiger partial charge on any atom is 0.333 e. The Labute approximate surface area is 100 Å². The lowest BCUT2D eigenvalue weighted by molar-refractivity contribution is 0.0559. The van der Waals surface area contributed by atoms with Gasteiger partial charge in [0.25, 0.3) is 0 Å². The molecule has 0 aliphatic carbocycles. The second-order valence-corrected chi connectivity index (χ2v) is 3.41. The van der Waals surface area contributed by atoms with Crippen molar-refractivity contribution in [1.29, 1.82) is 0 Å². The third kappa shape index (κ3) is 4.87. The Morgan fingerprint density at radius 1 is 1.56 bits per heavy atom. The van der Waals surface area contributed by atoms with Crippen LogP contribution in [0.2, 0.25) is 0 Å². The van der Waals surface area contributed by atoms with E-state index in [0.29, 0.717) is 16.9 Å². The van der Waals surface area contributed by atoms with Gasteiger partial charge in [-0.2, -0.15) is 13.9 Å². The molecular formula is C9H17ClF2N4. The van der Waals surface area contributed by atoms with Crippen molar-refractivity contribution >= 4 is 12.4 Å². The highest BCUT2D eigenvalue weighted by atomic mass is 35.5. The third-order valence-corrected chi connectivity index (χ3v) is 2.04. The van der Waals surface area contributed by atoms with Gasteiger partial charge in [-0.15, -0.1) is 12.4 Å². The minimum Gasteiger partial charge on any atom is -0.318 e. The summed E-state index contributed by atoms with van der Waals surface area (Å²) in [7, 11) is 3.80. The Kier molecular flexibility index (Phi) is 7.20. The second-order valence-electron chi connectivity index (χ2n) is 3.41. The summed E-state index contributed by atoms with van der Waals surface area (Å²) in [6, 6.07) is 1.61. The van der Waals surface area contributed by atoms with Crippen molar-refractivity contribution in [3.63, 3.8) is 0 Å². The van der Waals surface area contributed by atoms with E-state index in [-0.39, 0.29) is 12.4 Å². The van der Waals surface area contributed by atoms with Gasteiger partial charge in [-0.25, -0.2) is 4.68 Å². The summed E-state index contributed by atoms with van der Waals surface area (Å²) in [5.74, 6) is 0. The molecule has 0 fully saturated rings. The lowest BCUT2D eigenvalue weighted by atomic mass is 10.4. The van der Waals surface area contributed by atoms with Gasteiger partial charge < -0.3 is 5.32 Å².